The Morgan fingerprint density at radius 3 is 1.30 bits per heavy atom. The van der Waals surface area contributed by atoms with Crippen LogP contribution < -0.4 is 23.0 Å². The molecule has 0 unspecified atom stereocenters. The zero-order valence-electron chi connectivity index (χ0n) is 17.5. The Hall–Kier alpha value is -2.39. The van der Waals surface area contributed by atoms with Crippen LogP contribution in [0.2, 0.25) is 6.04 Å². The minimum atomic E-state index is -4.75. The van der Waals surface area contributed by atoms with E-state index in [1.807, 2.05) is 0 Å². The molecule has 2 N–H and O–H groups in total. The van der Waals surface area contributed by atoms with Crippen LogP contribution in [-0.2, 0) is 0 Å². The SMILES string of the molecule is CC(C)[NH2+]C(C)C.FC(F)(F)CC[Si-]12(Oc3ccccc3O1)Oc1ccccc1O2. The van der Waals surface area contributed by atoms with E-state index in [4.69, 9.17) is 17.7 Å². The topological polar surface area (TPSA) is 53.5 Å². The molecule has 0 aliphatic carbocycles. The molecule has 2 aromatic carbocycles. The van der Waals surface area contributed by atoms with Gasteiger partial charge in [-0.25, -0.2) is 0 Å². The van der Waals surface area contributed by atoms with Crippen molar-refractivity contribution in [1.29, 1.82) is 0 Å². The van der Waals surface area contributed by atoms with Gasteiger partial charge >= 0.3 is 129 Å². The Labute approximate surface area is 175 Å². The van der Waals surface area contributed by atoms with E-state index >= 15 is 0 Å². The first-order valence-corrected chi connectivity index (χ1v) is 12.4. The number of halogens is 3. The van der Waals surface area contributed by atoms with Crippen molar-refractivity contribution in [2.75, 3.05) is 0 Å². The zero-order valence-corrected chi connectivity index (χ0v) is 18.5. The van der Waals surface area contributed by atoms with Gasteiger partial charge in [-0.3, -0.25) is 0 Å². The molecule has 1 spiro atoms. The molecule has 166 valence electrons. The van der Waals surface area contributed by atoms with Crippen LogP contribution in [0, 0.1) is 0 Å². The van der Waals surface area contributed by atoms with E-state index in [2.05, 4.69) is 33.0 Å². The van der Waals surface area contributed by atoms with Gasteiger partial charge in [-0.15, -0.1) is 0 Å². The van der Waals surface area contributed by atoms with Gasteiger partial charge in [0.05, 0.1) is 12.1 Å². The molecule has 5 nitrogen and oxygen atoms in total. The van der Waals surface area contributed by atoms with Crippen LogP contribution in [0.4, 0.5) is 13.2 Å². The average Bonchev–Trinajstić information content (AvgIpc) is 3.13. The zero-order chi connectivity index (χ0) is 22.0. The molecular weight excluding hydrogens is 415 g/mol. The Balaban J connectivity index is 0.000000318. The quantitative estimate of drug-likeness (QED) is 0.700. The number of nitrogens with two attached hydrogens (primary N) is 1. The van der Waals surface area contributed by atoms with E-state index in [1.54, 1.807) is 48.5 Å². The van der Waals surface area contributed by atoms with Crippen LogP contribution in [0.5, 0.6) is 23.0 Å². The third-order valence-electron chi connectivity index (χ3n) is 4.51. The predicted octanol–water partition coefficient (Wildman–Crippen LogP) is 4.64. The monoisotopic (exact) mass is 443 g/mol. The average molecular weight is 444 g/mol. The summed E-state index contributed by atoms with van der Waals surface area (Å²) < 4.78 is 61.6. The molecular formula is C21H28F3NO4Si. The van der Waals surface area contributed by atoms with Crippen molar-refractivity contribution in [3.63, 3.8) is 0 Å². The Morgan fingerprint density at radius 2 is 1.07 bits per heavy atom. The molecule has 2 aliphatic heterocycles. The van der Waals surface area contributed by atoms with E-state index in [-0.39, 0.29) is 0 Å². The molecule has 2 heterocycles. The summed E-state index contributed by atoms with van der Waals surface area (Å²) in [6.45, 7) is 8.83. The predicted molar refractivity (Wildman–Crippen MR) is 109 cm³/mol. The third-order valence-corrected chi connectivity index (χ3v) is 8.04. The van der Waals surface area contributed by atoms with E-state index in [0.717, 1.165) is 12.1 Å². The van der Waals surface area contributed by atoms with Crippen molar-refractivity contribution in [3.05, 3.63) is 48.5 Å². The molecule has 0 saturated heterocycles. The van der Waals surface area contributed by atoms with Gasteiger partial charge in [0.25, 0.3) is 0 Å². The van der Waals surface area contributed by atoms with Gasteiger partial charge in [0.2, 0.25) is 0 Å². The molecule has 0 amide bonds. The standard InChI is InChI=1S/C15H12F3O4Si.C6H15N/c16-15(17,18)9-10-23(19-11-5-1-2-6-12(11)20-23)21-13-7-3-4-8-14(13)22-23;1-5(2)7-6(3)4/h1-8H,9-10H2;5-7H,1-4H3/q-1;/p+1. The number of para-hydroxylation sites is 4. The summed E-state index contributed by atoms with van der Waals surface area (Å²) in [5.41, 5.74) is 0. The second kappa shape index (κ2) is 8.03. The van der Waals surface area contributed by atoms with Crippen LogP contribution >= 0.6 is 0 Å². The first-order valence-electron chi connectivity index (χ1n) is 10.0. The Morgan fingerprint density at radius 1 is 0.733 bits per heavy atom. The molecule has 0 saturated carbocycles. The van der Waals surface area contributed by atoms with Crippen molar-refractivity contribution < 1.29 is 36.2 Å². The van der Waals surface area contributed by atoms with Crippen molar-refractivity contribution in [1.82, 2.24) is 0 Å². The number of fused-ring (bicyclic) bond motifs is 2. The fraction of sp³-hybridized carbons (Fsp3) is 0.429. The summed E-state index contributed by atoms with van der Waals surface area (Å²) in [5.74, 6) is 1.32. The van der Waals surface area contributed by atoms with Crippen LogP contribution in [0.1, 0.15) is 34.1 Å². The van der Waals surface area contributed by atoms with Crippen LogP contribution in [-0.4, -0.2) is 26.6 Å². The summed E-state index contributed by atoms with van der Waals surface area (Å²) in [4.78, 5) is 0. The van der Waals surface area contributed by atoms with Gasteiger partial charge in [-0.05, 0) is 27.7 Å². The molecule has 0 fully saturated rings. The van der Waals surface area contributed by atoms with Gasteiger partial charge in [0.1, 0.15) is 0 Å². The fourth-order valence-electron chi connectivity index (χ4n) is 3.53. The fourth-order valence-corrected chi connectivity index (χ4v) is 7.26. The van der Waals surface area contributed by atoms with Crippen molar-refractivity contribution in [3.8, 4) is 23.0 Å². The molecule has 30 heavy (non-hydrogen) atoms. The summed E-state index contributed by atoms with van der Waals surface area (Å²) in [7, 11) is -4.75. The van der Waals surface area contributed by atoms with Crippen molar-refractivity contribution >= 4 is 8.33 Å². The molecule has 0 atom stereocenters. The molecule has 0 aromatic heterocycles. The van der Waals surface area contributed by atoms with Crippen molar-refractivity contribution in [2.45, 2.75) is 58.4 Å². The number of rotatable bonds is 4. The van der Waals surface area contributed by atoms with Crippen molar-refractivity contribution in [2.24, 2.45) is 0 Å². The van der Waals surface area contributed by atoms with Crippen LogP contribution in [0.15, 0.2) is 48.5 Å². The first-order chi connectivity index (χ1) is 14.0. The number of hydrogen-bond donors (Lipinski definition) is 1. The van der Waals surface area contributed by atoms with E-state index in [0.29, 0.717) is 23.0 Å². The summed E-state index contributed by atoms with van der Waals surface area (Å²) in [5, 5.41) is 2.33. The summed E-state index contributed by atoms with van der Waals surface area (Å²) in [6, 6.07) is 14.3. The van der Waals surface area contributed by atoms with Crippen LogP contribution in [0.25, 0.3) is 0 Å². The van der Waals surface area contributed by atoms with Gasteiger partial charge in [-0.1, -0.05) is 0 Å². The minimum absolute atomic E-state index is 0.329. The maximum absolute atomic E-state index is 12.8. The van der Waals surface area contributed by atoms with E-state index < -0.39 is 27.0 Å². The third kappa shape index (κ3) is 5.01. The number of benzene rings is 2. The number of quaternary nitrogens is 1. The molecule has 2 aliphatic rings. The second-order valence-electron chi connectivity index (χ2n) is 8.17. The van der Waals surface area contributed by atoms with Gasteiger partial charge in [-0.2, -0.15) is 0 Å². The Kier molecular flexibility index (Phi) is 5.97. The molecule has 0 bridgehead atoms. The summed E-state index contributed by atoms with van der Waals surface area (Å²) in [6.07, 6.45) is -5.50. The maximum atomic E-state index is 12.8. The normalized spacial score (nSPS) is 18.6. The van der Waals surface area contributed by atoms with Gasteiger partial charge < -0.3 is 5.32 Å². The summed E-state index contributed by atoms with van der Waals surface area (Å²) >= 11 is 0. The number of hydrogen-bond acceptors (Lipinski definition) is 4. The van der Waals surface area contributed by atoms with Gasteiger partial charge in [0, 0.05) is 0 Å². The van der Waals surface area contributed by atoms with E-state index in [1.165, 1.54) is 0 Å². The van der Waals surface area contributed by atoms with Gasteiger partial charge in [0.15, 0.2) is 0 Å². The molecule has 0 radical (unpaired) electrons. The first kappa shape index (κ1) is 22.3. The molecule has 9 heteroatoms. The molecule has 4 rings (SSSR count). The second-order valence-corrected chi connectivity index (χ2v) is 11.6. The number of alkyl halides is 3. The van der Waals surface area contributed by atoms with Crippen LogP contribution in [0.3, 0.4) is 0 Å². The van der Waals surface area contributed by atoms with E-state index in [9.17, 15) is 13.2 Å². The molecule has 2 aromatic rings. The Bertz CT molecular complexity index is 770.